The van der Waals surface area contributed by atoms with E-state index in [1.165, 1.54) is 52.9 Å². The van der Waals surface area contributed by atoms with Crippen LogP contribution in [-0.2, 0) is 0 Å². The Morgan fingerprint density at radius 3 is 2.55 bits per heavy atom. The van der Waals surface area contributed by atoms with Gasteiger partial charge in [0.1, 0.15) is 11.7 Å². The van der Waals surface area contributed by atoms with Gasteiger partial charge in [-0.15, -0.1) is 0 Å². The molecule has 1 fully saturated rings. The number of amidine groups is 2. The molecule has 1 aromatic rings. The first-order chi connectivity index (χ1) is 21.8. The van der Waals surface area contributed by atoms with E-state index in [0.717, 1.165) is 56.6 Å². The summed E-state index contributed by atoms with van der Waals surface area (Å²) in [7, 11) is 0. The Kier molecular flexibility index (Phi) is 6.54. The molecule has 1 N–H and O–H groups in total. The summed E-state index contributed by atoms with van der Waals surface area (Å²) < 4.78 is 0. The Labute approximate surface area is 261 Å². The highest BCUT2D eigenvalue weighted by Crippen LogP contribution is 2.53. The molecular weight excluding hydrogens is 538 g/mol. The van der Waals surface area contributed by atoms with Crippen molar-refractivity contribution >= 4 is 17.4 Å². The predicted molar refractivity (Wildman–Crippen MR) is 180 cm³/mol. The fourth-order valence-corrected chi connectivity index (χ4v) is 8.87. The molecule has 3 aliphatic heterocycles. The smallest absolute Gasteiger partial charge is 0.201 e. The number of aliphatic imine (C=N–C) groups is 2. The number of para-hydroxylation sites is 1. The molecule has 1 aromatic carbocycles. The summed E-state index contributed by atoms with van der Waals surface area (Å²) >= 11 is 0. The number of likely N-dealkylation sites (tertiary alicyclic amines) is 1. The van der Waals surface area contributed by atoms with Crippen molar-refractivity contribution in [2.45, 2.75) is 88.6 Å². The lowest BCUT2D eigenvalue weighted by Gasteiger charge is -2.43. The van der Waals surface area contributed by atoms with Gasteiger partial charge in [0.2, 0.25) is 6.29 Å². The largest absolute Gasteiger partial charge is 0.335 e. The Balaban J connectivity index is 1.20. The fourth-order valence-electron chi connectivity index (χ4n) is 8.87. The van der Waals surface area contributed by atoms with E-state index in [-0.39, 0.29) is 24.4 Å². The lowest BCUT2D eigenvalue weighted by molar-refractivity contribution is 0.141. The third kappa shape index (κ3) is 4.23. The molecule has 5 heteroatoms. The van der Waals surface area contributed by atoms with Crippen molar-refractivity contribution in [1.29, 1.82) is 0 Å². The van der Waals surface area contributed by atoms with Gasteiger partial charge < -0.3 is 10.2 Å². The molecule has 0 saturated carbocycles. The summed E-state index contributed by atoms with van der Waals surface area (Å²) in [6.45, 7) is 0. The van der Waals surface area contributed by atoms with Crippen LogP contribution in [0.15, 0.2) is 135 Å². The molecule has 8 aliphatic rings. The van der Waals surface area contributed by atoms with Crippen LogP contribution >= 0.6 is 0 Å². The third-order valence-corrected chi connectivity index (χ3v) is 10.8. The van der Waals surface area contributed by atoms with Crippen LogP contribution in [-0.4, -0.2) is 41.0 Å². The molecule has 5 aliphatic carbocycles. The van der Waals surface area contributed by atoms with E-state index in [1.54, 1.807) is 5.57 Å². The molecule has 0 aromatic heterocycles. The van der Waals surface area contributed by atoms with Crippen molar-refractivity contribution in [3.05, 3.63) is 125 Å². The zero-order valence-corrected chi connectivity index (χ0v) is 25.4. The molecule has 0 bridgehead atoms. The highest BCUT2D eigenvalue weighted by molar-refractivity contribution is 6.16. The summed E-state index contributed by atoms with van der Waals surface area (Å²) in [4.78, 5) is 16.4. The third-order valence-electron chi connectivity index (χ3n) is 10.8. The summed E-state index contributed by atoms with van der Waals surface area (Å²) in [5.41, 5.74) is 9.77. The Morgan fingerprint density at radius 2 is 1.68 bits per heavy atom. The SMILES string of the molecule is C1=CC(C2=NC(N3C4C=CCCC4C4=CC=C5C6=C(CCC=C6)N(c6ccccc6)C5C43)N=C(C3=CCCCC3)N2)=CCC1. The molecule has 5 nitrogen and oxygen atoms in total. The fraction of sp³-hybridized carbons (Fsp3) is 0.385. The minimum absolute atomic E-state index is 0.196. The van der Waals surface area contributed by atoms with Crippen LogP contribution in [0.2, 0.25) is 0 Å². The molecule has 3 heterocycles. The molecule has 5 atom stereocenters. The zero-order valence-electron chi connectivity index (χ0n) is 25.4. The van der Waals surface area contributed by atoms with Crippen LogP contribution in [0.5, 0.6) is 0 Å². The molecule has 5 unspecified atom stereocenters. The number of benzene rings is 1. The highest BCUT2D eigenvalue weighted by atomic mass is 15.4. The summed E-state index contributed by atoms with van der Waals surface area (Å²) in [5, 5.41) is 3.73. The van der Waals surface area contributed by atoms with Crippen LogP contribution < -0.4 is 10.2 Å². The Morgan fingerprint density at radius 1 is 0.773 bits per heavy atom. The predicted octanol–water partition coefficient (Wildman–Crippen LogP) is 7.83. The standard InChI is InChI=1S/C39H41N5/c1-4-14-26(15-5-1)37-40-38(27-16-6-2-7-17-27)42-39(41-37)44-34-23-13-11-21-30(34)32-25-24-31-29-20-10-12-22-33(29)43(35(31)36(32)44)28-18-8-3-9-19-28/h3-4,8-10,13-16,18-20,23-25,30,34-36,39H,1-2,5-7,11-12,17,21-22H2,(H,40,41,42). The van der Waals surface area contributed by atoms with Crippen LogP contribution in [0.25, 0.3) is 0 Å². The van der Waals surface area contributed by atoms with E-state index < -0.39 is 0 Å². The number of anilines is 1. The number of allylic oxidation sites excluding steroid dienone is 9. The molecule has 0 radical (unpaired) electrons. The first kappa shape index (κ1) is 26.4. The number of hydrogen-bond donors (Lipinski definition) is 1. The lowest BCUT2D eigenvalue weighted by Crippen LogP contribution is -2.55. The molecular formula is C39H41N5. The number of nitrogens with one attached hydrogen (secondary N) is 1. The van der Waals surface area contributed by atoms with Gasteiger partial charge in [-0.2, -0.15) is 0 Å². The average Bonchev–Trinajstić information content (AvgIpc) is 3.62. The van der Waals surface area contributed by atoms with E-state index in [0.29, 0.717) is 5.92 Å². The van der Waals surface area contributed by atoms with Gasteiger partial charge in [0.05, 0.1) is 12.1 Å². The highest BCUT2D eigenvalue weighted by Gasteiger charge is 2.56. The van der Waals surface area contributed by atoms with E-state index >= 15 is 0 Å². The molecule has 44 heavy (non-hydrogen) atoms. The van der Waals surface area contributed by atoms with Gasteiger partial charge in [-0.1, -0.05) is 79.0 Å². The molecule has 0 amide bonds. The maximum atomic E-state index is 5.51. The van der Waals surface area contributed by atoms with Crippen LogP contribution in [0.3, 0.4) is 0 Å². The quantitative estimate of drug-likeness (QED) is 0.370. The van der Waals surface area contributed by atoms with Crippen molar-refractivity contribution in [3.8, 4) is 0 Å². The maximum Gasteiger partial charge on any atom is 0.201 e. The number of hydrogen-bond acceptors (Lipinski definition) is 5. The van der Waals surface area contributed by atoms with E-state index in [2.05, 4.69) is 106 Å². The molecule has 222 valence electrons. The Hall–Kier alpha value is -3.96. The van der Waals surface area contributed by atoms with Crippen molar-refractivity contribution in [1.82, 2.24) is 10.2 Å². The monoisotopic (exact) mass is 579 g/mol. The van der Waals surface area contributed by atoms with Crippen LogP contribution in [0.4, 0.5) is 5.69 Å². The van der Waals surface area contributed by atoms with Crippen LogP contribution in [0.1, 0.15) is 64.2 Å². The van der Waals surface area contributed by atoms with Gasteiger partial charge in [-0.3, -0.25) is 0 Å². The maximum absolute atomic E-state index is 5.51. The van der Waals surface area contributed by atoms with Gasteiger partial charge in [-0.05, 0) is 98.6 Å². The lowest BCUT2D eigenvalue weighted by atomic mass is 9.79. The minimum atomic E-state index is -0.281. The number of nitrogens with zero attached hydrogens (tertiary/aromatic N) is 4. The number of fused-ring (bicyclic) bond motifs is 6. The van der Waals surface area contributed by atoms with Gasteiger partial charge >= 0.3 is 0 Å². The topological polar surface area (TPSA) is 43.2 Å². The van der Waals surface area contributed by atoms with Crippen molar-refractivity contribution in [3.63, 3.8) is 0 Å². The first-order valence-electron chi connectivity index (χ1n) is 16.9. The van der Waals surface area contributed by atoms with Crippen LogP contribution in [0, 0.1) is 5.92 Å². The van der Waals surface area contributed by atoms with Crippen molar-refractivity contribution in [2.75, 3.05) is 4.90 Å². The Bertz CT molecular complexity index is 1680. The van der Waals surface area contributed by atoms with E-state index in [1.807, 2.05) is 0 Å². The van der Waals surface area contributed by atoms with Gasteiger partial charge in [0, 0.05) is 28.9 Å². The van der Waals surface area contributed by atoms with Gasteiger partial charge in [0.25, 0.3) is 0 Å². The second kappa shape index (κ2) is 10.9. The first-order valence-corrected chi connectivity index (χ1v) is 16.9. The van der Waals surface area contributed by atoms with E-state index in [4.69, 9.17) is 9.98 Å². The van der Waals surface area contributed by atoms with Gasteiger partial charge in [0.15, 0.2) is 0 Å². The van der Waals surface area contributed by atoms with Crippen molar-refractivity contribution < 1.29 is 0 Å². The van der Waals surface area contributed by atoms with Crippen molar-refractivity contribution in [2.24, 2.45) is 15.9 Å². The second-order valence-corrected chi connectivity index (χ2v) is 13.3. The molecule has 1 saturated heterocycles. The average molecular weight is 580 g/mol. The van der Waals surface area contributed by atoms with Gasteiger partial charge in [-0.25, -0.2) is 14.9 Å². The summed E-state index contributed by atoms with van der Waals surface area (Å²) in [6.07, 6.45) is 35.0. The molecule has 0 spiro atoms. The number of rotatable bonds is 4. The molecule has 9 rings (SSSR count). The minimum Gasteiger partial charge on any atom is -0.335 e. The van der Waals surface area contributed by atoms with E-state index in [9.17, 15) is 0 Å². The summed E-state index contributed by atoms with van der Waals surface area (Å²) in [5.74, 6) is 2.50. The normalized spacial score (nSPS) is 32.4. The zero-order chi connectivity index (χ0) is 29.0. The second-order valence-electron chi connectivity index (χ2n) is 13.3. The summed E-state index contributed by atoms with van der Waals surface area (Å²) in [6, 6.07) is 11.8.